The topological polar surface area (TPSA) is 56.6 Å². The van der Waals surface area contributed by atoms with Crippen LogP contribution in [0.4, 0.5) is 0 Å². The molecule has 1 aliphatic rings. The van der Waals surface area contributed by atoms with Crippen molar-refractivity contribution in [2.24, 2.45) is 0 Å². The Labute approximate surface area is 142 Å². The third-order valence-electron chi connectivity index (χ3n) is 4.60. The molecule has 1 amide bonds. The first kappa shape index (κ1) is 16.4. The summed E-state index contributed by atoms with van der Waals surface area (Å²) in [4.78, 5) is 14.7. The van der Waals surface area contributed by atoms with Gasteiger partial charge in [0.15, 0.2) is 11.5 Å². The largest absolute Gasteiger partial charge is 0.493 e. The van der Waals surface area contributed by atoms with Crippen LogP contribution in [0.1, 0.15) is 24.1 Å². The molecule has 1 aromatic carbocycles. The molecule has 2 heterocycles. The first-order valence-corrected chi connectivity index (χ1v) is 8.15. The highest BCUT2D eigenvalue weighted by Crippen LogP contribution is 2.32. The lowest BCUT2D eigenvalue weighted by Crippen LogP contribution is -2.38. The highest BCUT2D eigenvalue weighted by molar-refractivity contribution is 5.80. The molecule has 0 saturated heterocycles. The second-order valence-electron chi connectivity index (χ2n) is 5.96. The van der Waals surface area contributed by atoms with Crippen LogP contribution in [0.15, 0.2) is 30.6 Å². The second-order valence-corrected chi connectivity index (χ2v) is 5.96. The smallest absolute Gasteiger partial charge is 0.247 e. The van der Waals surface area contributed by atoms with E-state index >= 15 is 0 Å². The molecule has 6 heteroatoms. The number of amides is 1. The van der Waals surface area contributed by atoms with Gasteiger partial charge in [0.05, 0.1) is 14.2 Å². The van der Waals surface area contributed by atoms with Crippen LogP contribution in [0.5, 0.6) is 11.5 Å². The number of aromatic nitrogens is 2. The molecule has 0 unspecified atom stereocenters. The lowest BCUT2D eigenvalue weighted by molar-refractivity contribution is -0.134. The molecule has 0 radical (unpaired) electrons. The summed E-state index contributed by atoms with van der Waals surface area (Å²) < 4.78 is 12.5. The lowest BCUT2D eigenvalue weighted by Gasteiger charge is -2.24. The molecule has 0 spiro atoms. The maximum absolute atomic E-state index is 12.8. The van der Waals surface area contributed by atoms with Crippen LogP contribution in [-0.4, -0.2) is 47.9 Å². The number of ether oxygens (including phenoxy) is 2. The first-order valence-electron chi connectivity index (χ1n) is 8.15. The Morgan fingerprint density at radius 3 is 2.17 bits per heavy atom. The molecule has 1 atom stereocenters. The van der Waals surface area contributed by atoms with E-state index in [0.29, 0.717) is 13.1 Å². The molecular weight excluding hydrogens is 306 g/mol. The summed E-state index contributed by atoms with van der Waals surface area (Å²) in [5.74, 6) is 1.58. The van der Waals surface area contributed by atoms with Crippen molar-refractivity contribution in [1.82, 2.24) is 14.7 Å². The summed E-state index contributed by atoms with van der Waals surface area (Å²) in [5, 5.41) is 4.18. The molecule has 6 nitrogen and oxygen atoms in total. The number of carbonyl (C=O) groups is 1. The fourth-order valence-electron chi connectivity index (χ4n) is 3.16. The van der Waals surface area contributed by atoms with E-state index in [0.717, 1.165) is 24.3 Å². The highest BCUT2D eigenvalue weighted by Gasteiger charge is 2.25. The van der Waals surface area contributed by atoms with E-state index in [1.54, 1.807) is 25.1 Å². The van der Waals surface area contributed by atoms with Crippen LogP contribution in [0.3, 0.4) is 0 Å². The number of methoxy groups -OCH3 is 2. The van der Waals surface area contributed by atoms with Gasteiger partial charge in [-0.15, -0.1) is 0 Å². The third-order valence-corrected chi connectivity index (χ3v) is 4.60. The zero-order chi connectivity index (χ0) is 17.1. The van der Waals surface area contributed by atoms with Crippen LogP contribution in [0, 0.1) is 0 Å². The average molecular weight is 329 g/mol. The van der Waals surface area contributed by atoms with Crippen LogP contribution in [0.2, 0.25) is 0 Å². The molecule has 128 valence electrons. The molecule has 0 aliphatic carbocycles. The van der Waals surface area contributed by atoms with Crippen LogP contribution < -0.4 is 9.47 Å². The number of hydrogen-bond acceptors (Lipinski definition) is 4. The van der Waals surface area contributed by atoms with Crippen LogP contribution in [-0.2, 0) is 17.6 Å². The van der Waals surface area contributed by atoms with E-state index in [4.69, 9.17) is 9.47 Å². The fourth-order valence-corrected chi connectivity index (χ4v) is 3.16. The number of nitrogens with zero attached hydrogens (tertiary/aromatic N) is 3. The van der Waals surface area contributed by atoms with Crippen molar-refractivity contribution in [3.8, 4) is 11.5 Å². The van der Waals surface area contributed by atoms with E-state index in [-0.39, 0.29) is 11.9 Å². The molecule has 0 bridgehead atoms. The minimum atomic E-state index is -0.287. The van der Waals surface area contributed by atoms with E-state index in [2.05, 4.69) is 5.10 Å². The zero-order valence-electron chi connectivity index (χ0n) is 14.4. The summed E-state index contributed by atoms with van der Waals surface area (Å²) in [5.41, 5.74) is 2.43. The lowest BCUT2D eigenvalue weighted by atomic mass is 10.0. The van der Waals surface area contributed by atoms with Crippen molar-refractivity contribution in [2.75, 3.05) is 27.3 Å². The molecule has 1 aliphatic heterocycles. The summed E-state index contributed by atoms with van der Waals surface area (Å²) in [6.07, 6.45) is 5.14. The van der Waals surface area contributed by atoms with Gasteiger partial charge < -0.3 is 14.4 Å². The van der Waals surface area contributed by atoms with Crippen molar-refractivity contribution in [3.63, 3.8) is 0 Å². The normalized spacial score (nSPS) is 15.4. The Kier molecular flexibility index (Phi) is 4.74. The van der Waals surface area contributed by atoms with Gasteiger partial charge in [0.1, 0.15) is 6.04 Å². The van der Waals surface area contributed by atoms with E-state index in [1.807, 2.05) is 36.2 Å². The molecule has 0 saturated carbocycles. The maximum Gasteiger partial charge on any atom is 0.247 e. The Balaban J connectivity index is 1.77. The zero-order valence-corrected chi connectivity index (χ0v) is 14.4. The molecule has 0 fully saturated rings. The van der Waals surface area contributed by atoms with Crippen LogP contribution in [0.25, 0.3) is 0 Å². The summed E-state index contributed by atoms with van der Waals surface area (Å²) in [6.45, 7) is 3.29. The van der Waals surface area contributed by atoms with E-state index in [9.17, 15) is 4.79 Å². The summed E-state index contributed by atoms with van der Waals surface area (Å²) in [6, 6.07) is 5.60. The number of hydrogen-bond donors (Lipinski definition) is 0. The summed E-state index contributed by atoms with van der Waals surface area (Å²) in [7, 11) is 3.28. The Morgan fingerprint density at radius 1 is 1.12 bits per heavy atom. The molecular formula is C18H23N3O3. The highest BCUT2D eigenvalue weighted by atomic mass is 16.5. The molecule has 24 heavy (non-hydrogen) atoms. The van der Waals surface area contributed by atoms with E-state index < -0.39 is 0 Å². The van der Waals surface area contributed by atoms with Gasteiger partial charge in [-0.25, -0.2) is 0 Å². The third kappa shape index (κ3) is 3.09. The molecule has 1 aromatic heterocycles. The van der Waals surface area contributed by atoms with Gasteiger partial charge in [-0.05, 0) is 49.1 Å². The Bertz CT molecular complexity index is 678. The predicted octanol–water partition coefficient (Wildman–Crippen LogP) is 2.09. The minimum Gasteiger partial charge on any atom is -0.493 e. The first-order chi connectivity index (χ1) is 11.6. The van der Waals surface area contributed by atoms with Crippen LogP contribution >= 0.6 is 0 Å². The predicted molar refractivity (Wildman–Crippen MR) is 90.5 cm³/mol. The molecule has 3 rings (SSSR count). The number of rotatable bonds is 4. The Hall–Kier alpha value is -2.50. The van der Waals surface area contributed by atoms with Gasteiger partial charge in [-0.2, -0.15) is 5.10 Å². The van der Waals surface area contributed by atoms with Crippen molar-refractivity contribution in [1.29, 1.82) is 0 Å². The quantitative estimate of drug-likeness (QED) is 0.862. The van der Waals surface area contributed by atoms with Gasteiger partial charge in [0, 0.05) is 25.5 Å². The SMILES string of the molecule is COc1cc2c(cc1OC)CCN(C(=O)[C@H](C)n1cccn1)CC2. The summed E-state index contributed by atoms with van der Waals surface area (Å²) >= 11 is 0. The number of carbonyl (C=O) groups excluding carboxylic acids is 1. The maximum atomic E-state index is 12.8. The average Bonchev–Trinajstić information content (AvgIpc) is 3.07. The van der Waals surface area contributed by atoms with Gasteiger partial charge in [0.2, 0.25) is 5.91 Å². The van der Waals surface area contributed by atoms with Crippen molar-refractivity contribution < 1.29 is 14.3 Å². The molecule has 0 N–H and O–H groups in total. The van der Waals surface area contributed by atoms with Crippen molar-refractivity contribution >= 4 is 5.91 Å². The monoisotopic (exact) mass is 329 g/mol. The fraction of sp³-hybridized carbons (Fsp3) is 0.444. The van der Waals surface area contributed by atoms with Gasteiger partial charge >= 0.3 is 0 Å². The molecule has 2 aromatic rings. The van der Waals surface area contributed by atoms with Crippen molar-refractivity contribution in [2.45, 2.75) is 25.8 Å². The minimum absolute atomic E-state index is 0.102. The number of fused-ring (bicyclic) bond motifs is 1. The van der Waals surface area contributed by atoms with E-state index in [1.165, 1.54) is 11.1 Å². The second kappa shape index (κ2) is 6.95. The Morgan fingerprint density at radius 2 is 1.71 bits per heavy atom. The standard InChI is InChI=1S/C18H23N3O3/c1-13(21-8-4-7-19-21)18(22)20-9-5-14-11-16(23-2)17(24-3)12-15(14)6-10-20/h4,7-8,11-13H,5-6,9-10H2,1-3H3/t13-/m0/s1. The van der Waals surface area contributed by atoms with Gasteiger partial charge in [-0.3, -0.25) is 9.48 Å². The van der Waals surface area contributed by atoms with Gasteiger partial charge in [-0.1, -0.05) is 0 Å². The van der Waals surface area contributed by atoms with Crippen molar-refractivity contribution in [3.05, 3.63) is 41.7 Å². The van der Waals surface area contributed by atoms with Gasteiger partial charge in [0.25, 0.3) is 0 Å². The number of benzene rings is 1.